The van der Waals surface area contributed by atoms with Gasteiger partial charge in [0.25, 0.3) is 0 Å². The third kappa shape index (κ3) is 8.68. The molecular weight excluding hydrogens is 581 g/mol. The van der Waals surface area contributed by atoms with E-state index in [4.69, 9.17) is 4.74 Å². The fraction of sp³-hybridized carbons (Fsp3) is 0.440. The Bertz CT molecular complexity index is 1110. The average Bonchev–Trinajstić information content (AvgIpc) is 2.76. The van der Waals surface area contributed by atoms with Gasteiger partial charge in [-0.3, -0.25) is 13.9 Å². The maximum absolute atomic E-state index is 13.7. The van der Waals surface area contributed by atoms with Gasteiger partial charge in [-0.2, -0.15) is 0 Å². The molecule has 0 saturated carbocycles. The van der Waals surface area contributed by atoms with Crippen molar-refractivity contribution >= 4 is 50.1 Å². The Morgan fingerprint density at radius 1 is 1.06 bits per heavy atom. The highest BCUT2D eigenvalue weighted by Gasteiger charge is 2.33. The lowest BCUT2D eigenvalue weighted by molar-refractivity contribution is -0.141. The van der Waals surface area contributed by atoms with E-state index in [0.717, 1.165) is 19.7 Å². The minimum Gasteiger partial charge on any atom is -0.497 e. The largest absolute Gasteiger partial charge is 0.497 e. The molecule has 0 aliphatic heterocycles. The van der Waals surface area contributed by atoms with Crippen LogP contribution in [0.15, 0.2) is 48.5 Å². The van der Waals surface area contributed by atoms with Gasteiger partial charge in [0.1, 0.15) is 18.3 Å². The van der Waals surface area contributed by atoms with Crippen LogP contribution in [0.25, 0.3) is 0 Å². The van der Waals surface area contributed by atoms with Crippen molar-refractivity contribution in [3.05, 3.63) is 57.7 Å². The van der Waals surface area contributed by atoms with E-state index < -0.39 is 34.1 Å². The summed E-state index contributed by atoms with van der Waals surface area (Å²) >= 11 is 2.13. The molecule has 0 unspecified atom stereocenters. The molecule has 0 spiro atoms. The predicted molar refractivity (Wildman–Crippen MR) is 147 cm³/mol. The molecule has 2 rings (SSSR count). The number of hydrogen-bond acceptors (Lipinski definition) is 5. The van der Waals surface area contributed by atoms with Crippen molar-refractivity contribution < 1.29 is 22.7 Å². The summed E-state index contributed by atoms with van der Waals surface area (Å²) in [5.41, 5.74) is 0.693. The number of nitrogens with one attached hydrogen (secondary N) is 1. The predicted octanol–water partition coefficient (Wildman–Crippen LogP) is 3.79. The monoisotopic (exact) mass is 615 g/mol. The van der Waals surface area contributed by atoms with Crippen LogP contribution in [-0.4, -0.2) is 56.6 Å². The molecule has 35 heavy (non-hydrogen) atoms. The first-order valence-corrected chi connectivity index (χ1v) is 14.2. The number of carbonyl (C=O) groups excluding carboxylic acids is 2. The van der Waals surface area contributed by atoms with E-state index in [1.165, 1.54) is 4.90 Å². The van der Waals surface area contributed by atoms with Gasteiger partial charge in [-0.15, -0.1) is 0 Å². The third-order valence-corrected chi connectivity index (χ3v) is 7.05. The van der Waals surface area contributed by atoms with Crippen molar-refractivity contribution in [1.29, 1.82) is 0 Å². The summed E-state index contributed by atoms with van der Waals surface area (Å²) in [6, 6.07) is 13.3. The molecule has 0 saturated heterocycles. The van der Waals surface area contributed by atoms with Gasteiger partial charge < -0.3 is 15.0 Å². The molecule has 2 amide bonds. The van der Waals surface area contributed by atoms with Gasteiger partial charge in [0, 0.05) is 15.7 Å². The molecule has 0 bridgehead atoms. The first-order valence-electron chi connectivity index (χ1n) is 11.2. The maximum Gasteiger partial charge on any atom is 0.244 e. The molecule has 1 atom stereocenters. The Kier molecular flexibility index (Phi) is 9.96. The summed E-state index contributed by atoms with van der Waals surface area (Å²) in [4.78, 5) is 28.3. The summed E-state index contributed by atoms with van der Waals surface area (Å²) in [7, 11) is -2.19. The number of sulfonamides is 1. The number of amides is 2. The molecule has 192 valence electrons. The second kappa shape index (κ2) is 12.1. The number of ether oxygens (including phenoxy) is 1. The molecule has 8 nitrogen and oxygen atoms in total. The van der Waals surface area contributed by atoms with Crippen molar-refractivity contribution in [3.63, 3.8) is 0 Å². The number of hydrogen-bond donors (Lipinski definition) is 1. The molecule has 2 aromatic rings. The van der Waals surface area contributed by atoms with E-state index in [0.29, 0.717) is 17.9 Å². The number of anilines is 1. The van der Waals surface area contributed by atoms with Crippen molar-refractivity contribution in [2.24, 2.45) is 0 Å². The molecule has 0 aliphatic rings. The maximum atomic E-state index is 13.7. The van der Waals surface area contributed by atoms with E-state index in [-0.39, 0.29) is 12.5 Å². The zero-order chi connectivity index (χ0) is 26.4. The van der Waals surface area contributed by atoms with Crippen molar-refractivity contribution in [1.82, 2.24) is 10.2 Å². The highest BCUT2D eigenvalue weighted by molar-refractivity contribution is 14.1. The van der Waals surface area contributed by atoms with Crippen LogP contribution in [0.4, 0.5) is 5.69 Å². The van der Waals surface area contributed by atoms with Gasteiger partial charge in [0.15, 0.2) is 0 Å². The molecule has 0 fully saturated rings. The number of nitrogens with zero attached hydrogens (tertiary/aromatic N) is 2. The van der Waals surface area contributed by atoms with Crippen LogP contribution in [0.5, 0.6) is 5.75 Å². The van der Waals surface area contributed by atoms with Crippen molar-refractivity contribution in [2.75, 3.05) is 24.2 Å². The average molecular weight is 616 g/mol. The lowest BCUT2D eigenvalue weighted by atomic mass is 10.1. The first kappa shape index (κ1) is 28.9. The molecule has 0 radical (unpaired) electrons. The molecule has 0 heterocycles. The van der Waals surface area contributed by atoms with Crippen LogP contribution in [0.1, 0.15) is 39.7 Å². The molecule has 0 aromatic heterocycles. The van der Waals surface area contributed by atoms with Gasteiger partial charge in [0.2, 0.25) is 21.8 Å². The van der Waals surface area contributed by atoms with Gasteiger partial charge in [0.05, 0.1) is 19.1 Å². The molecule has 1 N–H and O–H groups in total. The lowest BCUT2D eigenvalue weighted by Gasteiger charge is -2.34. The topological polar surface area (TPSA) is 96.0 Å². The Balaban J connectivity index is 2.44. The zero-order valence-corrected chi connectivity index (χ0v) is 24.0. The second-order valence-electron chi connectivity index (χ2n) is 9.28. The first-order chi connectivity index (χ1) is 16.2. The lowest BCUT2D eigenvalue weighted by Crippen LogP contribution is -2.55. The normalized spacial score (nSPS) is 12.5. The summed E-state index contributed by atoms with van der Waals surface area (Å²) < 4.78 is 32.5. The van der Waals surface area contributed by atoms with Crippen molar-refractivity contribution in [3.8, 4) is 5.75 Å². The molecular formula is C25H34IN3O5S. The summed E-state index contributed by atoms with van der Waals surface area (Å²) in [5.74, 6) is -0.0890. The molecule has 10 heteroatoms. The highest BCUT2D eigenvalue weighted by atomic mass is 127. The summed E-state index contributed by atoms with van der Waals surface area (Å²) in [6.07, 6.45) is 1.43. The fourth-order valence-corrected chi connectivity index (χ4v) is 4.73. The van der Waals surface area contributed by atoms with Crippen LogP contribution in [0.2, 0.25) is 0 Å². The minimum atomic E-state index is -3.76. The summed E-state index contributed by atoms with van der Waals surface area (Å²) in [6.45, 7) is 7.16. The van der Waals surface area contributed by atoms with E-state index in [1.807, 2.05) is 39.8 Å². The van der Waals surface area contributed by atoms with E-state index in [9.17, 15) is 18.0 Å². The van der Waals surface area contributed by atoms with Crippen LogP contribution >= 0.6 is 22.6 Å². The van der Waals surface area contributed by atoms with Gasteiger partial charge in [-0.05, 0) is 91.7 Å². The van der Waals surface area contributed by atoms with Crippen LogP contribution < -0.4 is 14.4 Å². The Morgan fingerprint density at radius 2 is 1.63 bits per heavy atom. The molecule has 0 aliphatic carbocycles. The van der Waals surface area contributed by atoms with E-state index in [1.54, 1.807) is 43.5 Å². The highest BCUT2D eigenvalue weighted by Crippen LogP contribution is 2.22. The number of halogens is 1. The smallest absolute Gasteiger partial charge is 0.244 e. The number of methoxy groups -OCH3 is 1. The van der Waals surface area contributed by atoms with Crippen LogP contribution in [-0.2, 0) is 26.2 Å². The Labute approximate surface area is 222 Å². The quantitative estimate of drug-likeness (QED) is 0.411. The van der Waals surface area contributed by atoms with Crippen molar-refractivity contribution in [2.45, 2.75) is 52.2 Å². The third-order valence-electron chi connectivity index (χ3n) is 5.19. The van der Waals surface area contributed by atoms with Crippen LogP contribution in [0, 0.1) is 3.57 Å². The fourth-order valence-electron chi connectivity index (χ4n) is 3.52. The second-order valence-corrected chi connectivity index (χ2v) is 12.4. The van der Waals surface area contributed by atoms with E-state index >= 15 is 0 Å². The van der Waals surface area contributed by atoms with Gasteiger partial charge in [-0.25, -0.2) is 8.42 Å². The van der Waals surface area contributed by atoms with Gasteiger partial charge >= 0.3 is 0 Å². The number of carbonyl (C=O) groups is 2. The number of benzene rings is 2. The standard InChI is InChI=1S/C25H34IN3O5S/c1-7-22(24(31)27-25(2,3)4)28(16-18-8-14-21(34-5)15-9-18)23(30)17-29(35(6,32)33)20-12-10-19(26)11-13-20/h8-15,22H,7,16-17H2,1-6H3,(H,27,31)/t22-/m1/s1. The Hall–Kier alpha value is -2.34. The minimum absolute atomic E-state index is 0.142. The van der Waals surface area contributed by atoms with Gasteiger partial charge in [-0.1, -0.05) is 19.1 Å². The number of rotatable bonds is 10. The van der Waals surface area contributed by atoms with Crippen LogP contribution in [0.3, 0.4) is 0 Å². The Morgan fingerprint density at radius 3 is 2.09 bits per heavy atom. The summed E-state index contributed by atoms with van der Waals surface area (Å²) in [5, 5.41) is 2.95. The molecule has 2 aromatic carbocycles. The van der Waals surface area contributed by atoms with E-state index in [2.05, 4.69) is 27.9 Å². The SMILES string of the molecule is CC[C@H](C(=O)NC(C)(C)C)N(Cc1ccc(OC)cc1)C(=O)CN(c1ccc(I)cc1)S(C)(=O)=O. The zero-order valence-electron chi connectivity index (χ0n) is 21.0.